The molecule has 2 aliphatic carbocycles. The number of fused-ring (bicyclic) bond motifs is 2. The number of benzene rings is 1. The van der Waals surface area contributed by atoms with Crippen LogP contribution >= 0.6 is 0 Å². The molecule has 0 aliphatic heterocycles. The van der Waals surface area contributed by atoms with Crippen molar-refractivity contribution in [2.24, 2.45) is 5.92 Å². The van der Waals surface area contributed by atoms with Crippen LogP contribution in [0.3, 0.4) is 0 Å². The Hall–Kier alpha value is -1.51. The zero-order valence-electron chi connectivity index (χ0n) is 9.65. The van der Waals surface area contributed by atoms with Crippen LogP contribution in [-0.2, 0) is 16.6 Å². The van der Waals surface area contributed by atoms with Crippen molar-refractivity contribution in [1.82, 2.24) is 0 Å². The van der Waals surface area contributed by atoms with Gasteiger partial charge in [-0.1, -0.05) is 6.07 Å². The first-order valence-corrected chi connectivity index (χ1v) is 6.16. The normalized spacial score (nSPS) is 24.4. The molecule has 3 heteroatoms. The second-order valence-corrected chi connectivity index (χ2v) is 5.33. The molecular weight excluding hydrogens is 216 g/mol. The smallest absolute Gasteiger partial charge is 0.303 e. The molecule has 1 atom stereocenters. The third-order valence-corrected chi connectivity index (χ3v) is 4.38. The van der Waals surface area contributed by atoms with Gasteiger partial charge in [-0.25, -0.2) is 0 Å². The molecule has 17 heavy (non-hydrogen) atoms. The first kappa shape index (κ1) is 10.6. The molecule has 0 amide bonds. The minimum absolute atomic E-state index is 0.0602. The van der Waals surface area contributed by atoms with E-state index in [1.807, 2.05) is 12.1 Å². The van der Waals surface area contributed by atoms with Gasteiger partial charge in [0.15, 0.2) is 0 Å². The lowest BCUT2D eigenvalue weighted by Gasteiger charge is -2.33. The summed E-state index contributed by atoms with van der Waals surface area (Å²) in [6.45, 7) is 0. The molecule has 2 aliphatic rings. The Labute approximate surface area is 100 Å². The average molecular weight is 232 g/mol. The fraction of sp³-hybridized carbons (Fsp3) is 0.500. The molecule has 1 fully saturated rings. The number of carboxylic acid groups (broad SMARTS) is 1. The van der Waals surface area contributed by atoms with E-state index in [0.29, 0.717) is 5.75 Å². The molecule has 1 saturated carbocycles. The standard InChI is InChI=1S/C14H16O3/c15-11-4-2-9-1-3-10(7-13(16)17)14(5-6-14)12(9)8-11/h2,4,8,10,15H,1,3,5-7H2,(H,16,17). The Bertz CT molecular complexity index is 474. The predicted molar refractivity (Wildman–Crippen MR) is 63.1 cm³/mol. The van der Waals surface area contributed by atoms with Gasteiger partial charge in [0.25, 0.3) is 0 Å². The fourth-order valence-corrected chi connectivity index (χ4v) is 3.39. The van der Waals surface area contributed by atoms with E-state index in [2.05, 4.69) is 0 Å². The molecular formula is C14H16O3. The maximum absolute atomic E-state index is 10.9. The van der Waals surface area contributed by atoms with E-state index in [-0.39, 0.29) is 17.8 Å². The minimum atomic E-state index is -0.704. The second-order valence-electron chi connectivity index (χ2n) is 5.33. The zero-order valence-corrected chi connectivity index (χ0v) is 9.65. The van der Waals surface area contributed by atoms with Gasteiger partial charge in [-0.2, -0.15) is 0 Å². The van der Waals surface area contributed by atoms with Crippen LogP contribution in [0, 0.1) is 5.92 Å². The third-order valence-electron chi connectivity index (χ3n) is 4.38. The Morgan fingerprint density at radius 2 is 2.18 bits per heavy atom. The molecule has 2 N–H and O–H groups in total. The van der Waals surface area contributed by atoms with Gasteiger partial charge in [0.2, 0.25) is 0 Å². The van der Waals surface area contributed by atoms with Crippen molar-refractivity contribution in [3.8, 4) is 5.75 Å². The summed E-state index contributed by atoms with van der Waals surface area (Å²) < 4.78 is 0. The van der Waals surface area contributed by atoms with Crippen molar-refractivity contribution in [2.75, 3.05) is 0 Å². The highest BCUT2D eigenvalue weighted by atomic mass is 16.4. The lowest BCUT2D eigenvalue weighted by Crippen LogP contribution is -2.29. The number of aryl methyl sites for hydroxylation is 1. The van der Waals surface area contributed by atoms with Crippen LogP contribution in [0.1, 0.15) is 36.8 Å². The molecule has 1 unspecified atom stereocenters. The molecule has 0 aromatic heterocycles. The first-order valence-electron chi connectivity index (χ1n) is 6.16. The Kier molecular flexibility index (Phi) is 2.18. The number of phenolic OH excluding ortho intramolecular Hbond substituents is 1. The van der Waals surface area contributed by atoms with E-state index >= 15 is 0 Å². The van der Waals surface area contributed by atoms with Gasteiger partial charge in [-0.3, -0.25) is 4.79 Å². The Morgan fingerprint density at radius 3 is 2.82 bits per heavy atom. The zero-order chi connectivity index (χ0) is 12.0. The van der Waals surface area contributed by atoms with Gasteiger partial charge < -0.3 is 10.2 Å². The first-order chi connectivity index (χ1) is 8.12. The number of hydrogen-bond acceptors (Lipinski definition) is 2. The number of phenols is 1. The highest BCUT2D eigenvalue weighted by Crippen LogP contribution is 2.59. The number of aromatic hydroxyl groups is 1. The molecule has 0 bridgehead atoms. The summed E-state index contributed by atoms with van der Waals surface area (Å²) in [5, 5.41) is 18.6. The SMILES string of the molecule is O=C(O)CC1CCc2ccc(O)cc2C12CC2. The number of aliphatic carboxylic acids is 1. The summed E-state index contributed by atoms with van der Waals surface area (Å²) in [6, 6.07) is 5.56. The molecule has 90 valence electrons. The summed E-state index contributed by atoms with van der Waals surface area (Å²) >= 11 is 0. The summed E-state index contributed by atoms with van der Waals surface area (Å²) in [5.41, 5.74) is 2.56. The van der Waals surface area contributed by atoms with E-state index in [1.165, 1.54) is 11.1 Å². The Morgan fingerprint density at radius 1 is 1.41 bits per heavy atom. The van der Waals surface area contributed by atoms with Crippen LogP contribution in [0.2, 0.25) is 0 Å². The molecule has 1 spiro atoms. The topological polar surface area (TPSA) is 57.5 Å². The van der Waals surface area contributed by atoms with Gasteiger partial charge >= 0.3 is 5.97 Å². The third kappa shape index (κ3) is 1.61. The quantitative estimate of drug-likeness (QED) is 0.823. The van der Waals surface area contributed by atoms with Gasteiger partial charge in [0, 0.05) is 6.42 Å². The lowest BCUT2D eigenvalue weighted by molar-refractivity contribution is -0.138. The molecule has 3 nitrogen and oxygen atoms in total. The number of carbonyl (C=O) groups is 1. The highest BCUT2D eigenvalue weighted by molar-refractivity contribution is 5.68. The van der Waals surface area contributed by atoms with E-state index in [4.69, 9.17) is 5.11 Å². The number of carboxylic acids is 1. The maximum Gasteiger partial charge on any atom is 0.303 e. The molecule has 1 aromatic rings. The van der Waals surface area contributed by atoms with Crippen LogP contribution in [0.25, 0.3) is 0 Å². The number of rotatable bonds is 2. The molecule has 3 rings (SSSR count). The van der Waals surface area contributed by atoms with Gasteiger partial charge in [0.05, 0.1) is 0 Å². The predicted octanol–water partition coefficient (Wildman–Crippen LogP) is 2.46. The largest absolute Gasteiger partial charge is 0.508 e. The summed E-state index contributed by atoms with van der Waals surface area (Å²) in [6.07, 6.45) is 4.30. The highest BCUT2D eigenvalue weighted by Gasteiger charge is 2.53. The Balaban J connectivity index is 1.99. The maximum atomic E-state index is 10.9. The second kappa shape index (κ2) is 3.49. The lowest BCUT2D eigenvalue weighted by atomic mass is 9.71. The average Bonchev–Trinajstić information content (AvgIpc) is 3.04. The van der Waals surface area contributed by atoms with Crippen molar-refractivity contribution < 1.29 is 15.0 Å². The summed E-state index contributed by atoms with van der Waals surface area (Å²) in [5.74, 6) is -0.162. The van der Waals surface area contributed by atoms with Gasteiger partial charge in [-0.05, 0) is 60.3 Å². The van der Waals surface area contributed by atoms with Crippen molar-refractivity contribution >= 4 is 5.97 Å². The van der Waals surface area contributed by atoms with E-state index in [1.54, 1.807) is 6.07 Å². The fourth-order valence-electron chi connectivity index (χ4n) is 3.39. The van der Waals surface area contributed by atoms with E-state index in [0.717, 1.165) is 25.7 Å². The van der Waals surface area contributed by atoms with Crippen LogP contribution in [-0.4, -0.2) is 16.2 Å². The van der Waals surface area contributed by atoms with Crippen LogP contribution < -0.4 is 0 Å². The van der Waals surface area contributed by atoms with Crippen molar-refractivity contribution in [1.29, 1.82) is 0 Å². The summed E-state index contributed by atoms with van der Waals surface area (Å²) in [7, 11) is 0. The van der Waals surface area contributed by atoms with Crippen LogP contribution in [0.15, 0.2) is 18.2 Å². The molecule has 0 saturated heterocycles. The van der Waals surface area contributed by atoms with Gasteiger partial charge in [-0.15, -0.1) is 0 Å². The van der Waals surface area contributed by atoms with Crippen molar-refractivity contribution in [3.63, 3.8) is 0 Å². The van der Waals surface area contributed by atoms with Crippen LogP contribution in [0.4, 0.5) is 0 Å². The molecule has 0 radical (unpaired) electrons. The van der Waals surface area contributed by atoms with E-state index in [9.17, 15) is 9.90 Å². The van der Waals surface area contributed by atoms with Crippen molar-refractivity contribution in [3.05, 3.63) is 29.3 Å². The van der Waals surface area contributed by atoms with E-state index < -0.39 is 5.97 Å². The van der Waals surface area contributed by atoms with Crippen molar-refractivity contribution in [2.45, 2.75) is 37.5 Å². The minimum Gasteiger partial charge on any atom is -0.508 e. The number of hydrogen-bond donors (Lipinski definition) is 2. The molecule has 0 heterocycles. The molecule has 1 aromatic carbocycles. The summed E-state index contributed by atoms with van der Waals surface area (Å²) in [4.78, 5) is 10.9. The van der Waals surface area contributed by atoms with Gasteiger partial charge in [0.1, 0.15) is 5.75 Å². The monoisotopic (exact) mass is 232 g/mol. The van der Waals surface area contributed by atoms with Crippen LogP contribution in [0.5, 0.6) is 5.75 Å².